The second-order valence-corrected chi connectivity index (χ2v) is 8.66. The van der Waals surface area contributed by atoms with Crippen molar-refractivity contribution in [2.75, 3.05) is 18.2 Å². The first kappa shape index (κ1) is 21.8. The molecule has 3 aromatic rings. The molecule has 1 saturated carbocycles. The molecule has 4 rings (SSSR count). The van der Waals surface area contributed by atoms with E-state index in [-0.39, 0.29) is 18.3 Å². The van der Waals surface area contributed by atoms with Crippen LogP contribution < -0.4 is 14.8 Å². The molecule has 1 N–H and O–H groups in total. The second-order valence-electron chi connectivity index (χ2n) is 6.91. The number of carbonyl (C=O) groups excluding carboxylic acids is 1. The van der Waals surface area contributed by atoms with Crippen molar-refractivity contribution in [1.82, 2.24) is 14.8 Å². The Labute approximate surface area is 194 Å². The lowest BCUT2D eigenvalue weighted by Gasteiger charge is -2.11. The van der Waals surface area contributed by atoms with Crippen LogP contribution in [0.5, 0.6) is 11.5 Å². The monoisotopic (exact) mass is 478 g/mol. The first-order valence-corrected chi connectivity index (χ1v) is 11.4. The smallest absolute Gasteiger partial charge is 0.234 e. The fourth-order valence-corrected chi connectivity index (χ4v) is 4.25. The number of hydrogen-bond donors (Lipinski definition) is 1. The fraction of sp³-hybridized carbons (Fsp3) is 0.286. The maximum absolute atomic E-state index is 12.4. The third kappa shape index (κ3) is 5.44. The zero-order valence-corrected chi connectivity index (χ0v) is 19.0. The molecule has 31 heavy (non-hydrogen) atoms. The van der Waals surface area contributed by atoms with Gasteiger partial charge in [0.2, 0.25) is 5.91 Å². The van der Waals surface area contributed by atoms with Gasteiger partial charge in [-0.2, -0.15) is 0 Å². The molecular weight excluding hydrogens is 459 g/mol. The standard InChI is InChI=1S/C21H20Cl2N4O3S/c1-29-17-9-6-13(10-16(17)23)24-20(28)12-31-21-26-25-19(27(21)14-7-8-14)11-30-18-5-3-2-4-15(18)22/h2-6,9-10,14H,7-8,11-12H2,1H3,(H,24,28). The molecule has 7 nitrogen and oxygen atoms in total. The van der Waals surface area contributed by atoms with E-state index in [9.17, 15) is 4.79 Å². The Hall–Kier alpha value is -2.42. The number of thioether (sulfide) groups is 1. The minimum atomic E-state index is -0.162. The van der Waals surface area contributed by atoms with E-state index in [0.29, 0.717) is 44.3 Å². The van der Waals surface area contributed by atoms with Gasteiger partial charge in [0.05, 0.1) is 22.9 Å². The van der Waals surface area contributed by atoms with Crippen molar-refractivity contribution in [1.29, 1.82) is 0 Å². The molecule has 10 heteroatoms. The summed E-state index contributed by atoms with van der Waals surface area (Å²) in [5, 5.41) is 13.1. The molecular formula is C21H20Cl2N4O3S. The highest BCUT2D eigenvalue weighted by molar-refractivity contribution is 7.99. The van der Waals surface area contributed by atoms with E-state index >= 15 is 0 Å². The Balaban J connectivity index is 1.38. The van der Waals surface area contributed by atoms with E-state index in [0.717, 1.165) is 12.8 Å². The highest BCUT2D eigenvalue weighted by atomic mass is 35.5. The van der Waals surface area contributed by atoms with Crippen LogP contribution in [0.4, 0.5) is 5.69 Å². The van der Waals surface area contributed by atoms with Gasteiger partial charge in [-0.25, -0.2) is 0 Å². The average Bonchev–Trinajstić information content (AvgIpc) is 3.52. The predicted molar refractivity (Wildman–Crippen MR) is 121 cm³/mol. The maximum Gasteiger partial charge on any atom is 0.234 e. The van der Waals surface area contributed by atoms with Crippen molar-refractivity contribution in [2.24, 2.45) is 0 Å². The Kier molecular flexibility index (Phi) is 6.89. The minimum absolute atomic E-state index is 0.162. The summed E-state index contributed by atoms with van der Waals surface area (Å²) in [6.07, 6.45) is 2.11. The number of anilines is 1. The Bertz CT molecular complexity index is 1090. The lowest BCUT2D eigenvalue weighted by molar-refractivity contribution is -0.113. The number of aromatic nitrogens is 3. The zero-order chi connectivity index (χ0) is 21.8. The first-order valence-electron chi connectivity index (χ1n) is 9.62. The summed E-state index contributed by atoms with van der Waals surface area (Å²) in [5.41, 5.74) is 0.605. The Morgan fingerprint density at radius 1 is 1.16 bits per heavy atom. The van der Waals surface area contributed by atoms with E-state index in [1.54, 1.807) is 31.4 Å². The van der Waals surface area contributed by atoms with Gasteiger partial charge in [-0.15, -0.1) is 10.2 Å². The van der Waals surface area contributed by atoms with Gasteiger partial charge in [-0.05, 0) is 43.2 Å². The normalized spacial score (nSPS) is 13.1. The van der Waals surface area contributed by atoms with Crippen molar-refractivity contribution in [2.45, 2.75) is 30.6 Å². The van der Waals surface area contributed by atoms with E-state index in [2.05, 4.69) is 20.1 Å². The average molecular weight is 479 g/mol. The van der Waals surface area contributed by atoms with Crippen LogP contribution in [0.2, 0.25) is 10.0 Å². The quantitative estimate of drug-likeness (QED) is 0.423. The van der Waals surface area contributed by atoms with Gasteiger partial charge < -0.3 is 14.8 Å². The summed E-state index contributed by atoms with van der Waals surface area (Å²) in [7, 11) is 1.54. The third-order valence-electron chi connectivity index (χ3n) is 4.61. The molecule has 0 saturated heterocycles. The minimum Gasteiger partial charge on any atom is -0.495 e. The van der Waals surface area contributed by atoms with Crippen LogP contribution in [0.25, 0.3) is 0 Å². The summed E-state index contributed by atoms with van der Waals surface area (Å²) in [6.45, 7) is 0.254. The molecule has 1 aliphatic rings. The van der Waals surface area contributed by atoms with Gasteiger partial charge in [0.25, 0.3) is 0 Å². The van der Waals surface area contributed by atoms with Gasteiger partial charge in [0.15, 0.2) is 11.0 Å². The molecule has 1 aromatic heterocycles. The molecule has 1 amide bonds. The van der Waals surface area contributed by atoms with E-state index < -0.39 is 0 Å². The molecule has 1 fully saturated rings. The lowest BCUT2D eigenvalue weighted by atomic mass is 10.3. The molecule has 0 unspecified atom stereocenters. The Morgan fingerprint density at radius 2 is 1.97 bits per heavy atom. The molecule has 0 bridgehead atoms. The summed E-state index contributed by atoms with van der Waals surface area (Å²) in [5.74, 6) is 1.90. The van der Waals surface area contributed by atoms with Crippen LogP contribution in [0, 0.1) is 0 Å². The number of benzene rings is 2. The van der Waals surface area contributed by atoms with Gasteiger partial charge in [-0.1, -0.05) is 47.1 Å². The number of methoxy groups -OCH3 is 1. The van der Waals surface area contributed by atoms with E-state index in [4.69, 9.17) is 32.7 Å². The van der Waals surface area contributed by atoms with Crippen LogP contribution in [0.3, 0.4) is 0 Å². The number of carbonyl (C=O) groups is 1. The molecule has 0 aliphatic heterocycles. The number of ether oxygens (including phenoxy) is 2. The predicted octanol–water partition coefficient (Wildman–Crippen LogP) is 5.24. The van der Waals surface area contributed by atoms with Crippen molar-refractivity contribution < 1.29 is 14.3 Å². The number of rotatable bonds is 9. The molecule has 0 radical (unpaired) electrons. The molecule has 2 aromatic carbocycles. The van der Waals surface area contributed by atoms with Crippen LogP contribution in [0.1, 0.15) is 24.7 Å². The number of nitrogens with zero attached hydrogens (tertiary/aromatic N) is 3. The molecule has 162 valence electrons. The van der Waals surface area contributed by atoms with Crippen LogP contribution >= 0.6 is 35.0 Å². The van der Waals surface area contributed by atoms with Gasteiger partial charge in [0.1, 0.15) is 18.1 Å². The summed E-state index contributed by atoms with van der Waals surface area (Å²) < 4.78 is 13.0. The molecule has 0 atom stereocenters. The van der Waals surface area contributed by atoms with Crippen molar-refractivity contribution >= 4 is 46.6 Å². The largest absolute Gasteiger partial charge is 0.495 e. The van der Waals surface area contributed by atoms with Crippen molar-refractivity contribution in [3.8, 4) is 11.5 Å². The molecule has 1 heterocycles. The number of hydrogen-bond acceptors (Lipinski definition) is 6. The first-order chi connectivity index (χ1) is 15.0. The summed E-state index contributed by atoms with van der Waals surface area (Å²) in [6, 6.07) is 12.7. The van der Waals surface area contributed by atoms with Gasteiger partial charge >= 0.3 is 0 Å². The second kappa shape index (κ2) is 9.80. The van der Waals surface area contributed by atoms with Crippen molar-refractivity contribution in [3.05, 3.63) is 58.3 Å². The summed E-state index contributed by atoms with van der Waals surface area (Å²) >= 11 is 13.6. The number of amides is 1. The lowest BCUT2D eigenvalue weighted by Crippen LogP contribution is -2.15. The third-order valence-corrected chi connectivity index (χ3v) is 6.16. The summed E-state index contributed by atoms with van der Waals surface area (Å²) in [4.78, 5) is 12.4. The molecule has 0 spiro atoms. The molecule has 1 aliphatic carbocycles. The van der Waals surface area contributed by atoms with Crippen molar-refractivity contribution in [3.63, 3.8) is 0 Å². The SMILES string of the molecule is COc1ccc(NC(=O)CSc2nnc(COc3ccccc3Cl)n2C2CC2)cc1Cl. The highest BCUT2D eigenvalue weighted by Crippen LogP contribution is 2.39. The maximum atomic E-state index is 12.4. The van der Waals surface area contributed by atoms with Crippen LogP contribution in [-0.2, 0) is 11.4 Å². The van der Waals surface area contributed by atoms with Gasteiger partial charge in [0, 0.05) is 11.7 Å². The Morgan fingerprint density at radius 3 is 2.68 bits per heavy atom. The van der Waals surface area contributed by atoms with E-state index in [1.807, 2.05) is 18.2 Å². The van der Waals surface area contributed by atoms with E-state index in [1.165, 1.54) is 11.8 Å². The fourth-order valence-electron chi connectivity index (χ4n) is 2.98. The van der Waals surface area contributed by atoms with Gasteiger partial charge in [-0.3, -0.25) is 9.36 Å². The highest BCUT2D eigenvalue weighted by Gasteiger charge is 2.30. The van der Waals surface area contributed by atoms with Crippen LogP contribution in [-0.4, -0.2) is 33.5 Å². The topological polar surface area (TPSA) is 78.3 Å². The zero-order valence-electron chi connectivity index (χ0n) is 16.7. The number of halogens is 2. The number of nitrogens with one attached hydrogen (secondary N) is 1. The van der Waals surface area contributed by atoms with Crippen LogP contribution in [0.15, 0.2) is 47.6 Å². The number of para-hydroxylation sites is 1.